The molecule has 3 rings (SSSR count). The highest BCUT2D eigenvalue weighted by Gasteiger charge is 2.44. The Bertz CT molecular complexity index is 910. The molecule has 0 aliphatic carbocycles. The van der Waals surface area contributed by atoms with Gasteiger partial charge in [0.05, 0.1) is 18.7 Å². The maximum absolute atomic E-state index is 13.1. The van der Waals surface area contributed by atoms with E-state index in [1.807, 2.05) is 0 Å². The smallest absolute Gasteiger partial charge is 0.305 e. The molecule has 3 heterocycles. The van der Waals surface area contributed by atoms with Gasteiger partial charge in [-0.05, 0) is 38.4 Å². The normalized spacial score (nSPS) is 21.6. The summed E-state index contributed by atoms with van der Waals surface area (Å²) in [5.41, 5.74) is 0. The number of likely N-dealkylation sites (N-methyl/N-ethyl adjacent to an activating group) is 1. The second kappa shape index (κ2) is 10.9. The number of amides is 3. The van der Waals surface area contributed by atoms with E-state index in [4.69, 9.17) is 4.74 Å². The summed E-state index contributed by atoms with van der Waals surface area (Å²) in [7, 11) is 1.60. The van der Waals surface area contributed by atoms with E-state index in [2.05, 4.69) is 15.6 Å². The summed E-state index contributed by atoms with van der Waals surface area (Å²) < 4.78 is 5.34. The minimum Gasteiger partial charge on any atom is -0.484 e. The number of carbonyl (C=O) groups is 5. The molecule has 2 saturated heterocycles. The molecule has 0 unspecified atom stereocenters. The predicted molar refractivity (Wildman–Crippen MR) is 113 cm³/mol. The van der Waals surface area contributed by atoms with Gasteiger partial charge in [-0.25, -0.2) is 5.01 Å². The number of ether oxygens (including phenoxy) is 1. The van der Waals surface area contributed by atoms with Gasteiger partial charge in [-0.3, -0.25) is 34.0 Å². The van der Waals surface area contributed by atoms with Crippen LogP contribution in [-0.2, 0) is 24.0 Å². The van der Waals surface area contributed by atoms with Crippen molar-refractivity contribution >= 4 is 29.5 Å². The standard InChI is InChI=1S/C21H27N5O7/c1-22-14-6-7-18(28)25-9-3-5-16(26(25)21(14)32)20(31)24-15(10-19(29)30)17(27)12-33-13-4-2-8-23-11-13/h2,4,8,11,14-16,22H,3,5-7,9-10,12H2,1H3,(H,24,31)(H,29,30)/t14-,15-,16-/m0/s1. The average molecular weight is 461 g/mol. The van der Waals surface area contributed by atoms with Gasteiger partial charge < -0.3 is 20.5 Å². The van der Waals surface area contributed by atoms with E-state index >= 15 is 0 Å². The van der Waals surface area contributed by atoms with Crippen LogP contribution in [0.1, 0.15) is 32.1 Å². The molecule has 0 aromatic carbocycles. The Morgan fingerprint density at radius 3 is 2.76 bits per heavy atom. The first-order valence-corrected chi connectivity index (χ1v) is 10.7. The summed E-state index contributed by atoms with van der Waals surface area (Å²) in [6.07, 6.45) is 3.51. The number of rotatable bonds is 9. The van der Waals surface area contributed by atoms with Crippen LogP contribution in [0.2, 0.25) is 0 Å². The van der Waals surface area contributed by atoms with E-state index in [-0.39, 0.29) is 18.7 Å². The summed E-state index contributed by atoms with van der Waals surface area (Å²) in [5.74, 6) is -2.98. The Kier molecular flexibility index (Phi) is 7.93. The van der Waals surface area contributed by atoms with Crippen molar-refractivity contribution in [2.24, 2.45) is 0 Å². The van der Waals surface area contributed by atoms with E-state index in [9.17, 15) is 29.1 Å². The van der Waals surface area contributed by atoms with Crippen molar-refractivity contribution in [1.82, 2.24) is 25.6 Å². The zero-order valence-corrected chi connectivity index (χ0v) is 18.2. The first-order valence-electron chi connectivity index (χ1n) is 10.7. The molecule has 3 N–H and O–H groups in total. The number of fused-ring (bicyclic) bond motifs is 1. The quantitative estimate of drug-likeness (QED) is 0.424. The van der Waals surface area contributed by atoms with E-state index in [1.54, 1.807) is 19.2 Å². The Labute approximate surface area is 190 Å². The van der Waals surface area contributed by atoms with Crippen molar-refractivity contribution in [3.63, 3.8) is 0 Å². The van der Waals surface area contributed by atoms with Gasteiger partial charge in [0.25, 0.3) is 5.91 Å². The first kappa shape index (κ1) is 24.1. The van der Waals surface area contributed by atoms with Crippen LogP contribution in [-0.4, -0.2) is 87.9 Å². The van der Waals surface area contributed by atoms with Gasteiger partial charge >= 0.3 is 5.97 Å². The number of carboxylic acid groups (broad SMARTS) is 1. The molecule has 33 heavy (non-hydrogen) atoms. The lowest BCUT2D eigenvalue weighted by molar-refractivity contribution is -0.176. The lowest BCUT2D eigenvalue weighted by Gasteiger charge is -2.43. The van der Waals surface area contributed by atoms with Gasteiger partial charge in [-0.1, -0.05) is 0 Å². The number of pyridine rings is 1. The van der Waals surface area contributed by atoms with Crippen molar-refractivity contribution in [2.45, 2.75) is 50.2 Å². The number of ketones is 1. The molecule has 2 fully saturated rings. The molecule has 178 valence electrons. The van der Waals surface area contributed by atoms with E-state index in [0.29, 0.717) is 25.1 Å². The lowest BCUT2D eigenvalue weighted by atomic mass is 10.0. The Morgan fingerprint density at radius 2 is 2.09 bits per heavy atom. The molecule has 2 aliphatic heterocycles. The molecule has 0 bridgehead atoms. The second-order valence-corrected chi connectivity index (χ2v) is 7.84. The zero-order valence-electron chi connectivity index (χ0n) is 18.2. The molecule has 3 atom stereocenters. The number of aliphatic carboxylic acids is 1. The van der Waals surface area contributed by atoms with Gasteiger partial charge in [-0.2, -0.15) is 0 Å². The van der Waals surface area contributed by atoms with Crippen LogP contribution in [0.25, 0.3) is 0 Å². The van der Waals surface area contributed by atoms with Crippen LogP contribution >= 0.6 is 0 Å². The summed E-state index contributed by atoms with van der Waals surface area (Å²) in [4.78, 5) is 66.5. The third-order valence-corrected chi connectivity index (χ3v) is 5.61. The van der Waals surface area contributed by atoms with Crippen molar-refractivity contribution in [3.8, 4) is 5.75 Å². The molecule has 0 spiro atoms. The summed E-state index contributed by atoms with van der Waals surface area (Å²) >= 11 is 0. The van der Waals surface area contributed by atoms with E-state index < -0.39 is 54.7 Å². The Hall–Kier alpha value is -3.54. The van der Waals surface area contributed by atoms with Crippen LogP contribution in [0.15, 0.2) is 24.5 Å². The molecule has 2 aliphatic rings. The average Bonchev–Trinajstić information content (AvgIpc) is 2.93. The number of hydrogen-bond acceptors (Lipinski definition) is 8. The SMILES string of the molecule is CN[C@H]1CCC(=O)N2CCC[C@@H](C(=O)N[C@@H](CC(=O)O)C(=O)COc3cccnc3)N2C1=O. The highest BCUT2D eigenvalue weighted by atomic mass is 16.5. The number of hydrazine groups is 1. The largest absolute Gasteiger partial charge is 0.484 e. The Morgan fingerprint density at radius 1 is 1.30 bits per heavy atom. The zero-order chi connectivity index (χ0) is 24.0. The van der Waals surface area contributed by atoms with Crippen molar-refractivity contribution in [2.75, 3.05) is 20.2 Å². The van der Waals surface area contributed by atoms with Crippen molar-refractivity contribution in [1.29, 1.82) is 0 Å². The number of nitrogens with zero attached hydrogens (tertiary/aromatic N) is 3. The third kappa shape index (κ3) is 5.83. The number of carboxylic acids is 1. The van der Waals surface area contributed by atoms with Crippen LogP contribution in [0.3, 0.4) is 0 Å². The number of hydrogen-bond donors (Lipinski definition) is 3. The van der Waals surface area contributed by atoms with Crippen LogP contribution < -0.4 is 15.4 Å². The predicted octanol–water partition coefficient (Wildman–Crippen LogP) is -0.895. The minimum atomic E-state index is -1.36. The molecule has 12 nitrogen and oxygen atoms in total. The number of nitrogens with one attached hydrogen (secondary N) is 2. The number of Topliss-reactive ketones (excluding diaryl/α,β-unsaturated/α-hetero) is 1. The summed E-state index contributed by atoms with van der Waals surface area (Å²) in [6.45, 7) is -0.162. The van der Waals surface area contributed by atoms with Gasteiger partial charge in [0.1, 0.15) is 24.4 Å². The molecule has 3 amide bonds. The molecular formula is C21H27N5O7. The molecule has 1 aromatic rings. The first-order chi connectivity index (χ1) is 15.8. The highest BCUT2D eigenvalue weighted by molar-refractivity contribution is 5.97. The van der Waals surface area contributed by atoms with Gasteiger partial charge in [-0.15, -0.1) is 0 Å². The molecule has 1 aromatic heterocycles. The van der Waals surface area contributed by atoms with Gasteiger partial charge in [0.15, 0.2) is 5.78 Å². The fourth-order valence-electron chi connectivity index (χ4n) is 3.92. The molecule has 0 radical (unpaired) electrons. The van der Waals surface area contributed by atoms with Gasteiger partial charge in [0.2, 0.25) is 11.8 Å². The maximum Gasteiger partial charge on any atom is 0.305 e. The number of carbonyl (C=O) groups excluding carboxylic acids is 4. The summed E-state index contributed by atoms with van der Waals surface area (Å²) in [6, 6.07) is 0.175. The van der Waals surface area contributed by atoms with Crippen molar-refractivity contribution in [3.05, 3.63) is 24.5 Å². The van der Waals surface area contributed by atoms with Crippen LogP contribution in [0, 0.1) is 0 Å². The van der Waals surface area contributed by atoms with Crippen molar-refractivity contribution < 1.29 is 33.8 Å². The maximum atomic E-state index is 13.1. The van der Waals surface area contributed by atoms with Crippen LogP contribution in [0.4, 0.5) is 0 Å². The number of aromatic nitrogens is 1. The van der Waals surface area contributed by atoms with Gasteiger partial charge in [0, 0.05) is 19.2 Å². The second-order valence-electron chi connectivity index (χ2n) is 7.84. The minimum absolute atomic E-state index is 0.161. The van der Waals surface area contributed by atoms with Crippen LogP contribution in [0.5, 0.6) is 5.75 Å². The highest BCUT2D eigenvalue weighted by Crippen LogP contribution is 2.25. The summed E-state index contributed by atoms with van der Waals surface area (Å²) in [5, 5.41) is 17.0. The monoisotopic (exact) mass is 461 g/mol. The topological polar surface area (TPSA) is 158 Å². The fraction of sp³-hybridized carbons (Fsp3) is 0.524. The lowest BCUT2D eigenvalue weighted by Crippen LogP contribution is -2.64. The molecule has 0 saturated carbocycles. The molecule has 12 heteroatoms. The fourth-order valence-corrected chi connectivity index (χ4v) is 3.92. The molecular weight excluding hydrogens is 434 g/mol. The van der Waals surface area contributed by atoms with E-state index in [0.717, 1.165) is 5.01 Å². The third-order valence-electron chi connectivity index (χ3n) is 5.61. The Balaban J connectivity index is 1.74. The van der Waals surface area contributed by atoms with E-state index in [1.165, 1.54) is 17.4 Å².